The number of alkyl carbamates (subject to hydrolysis) is 1. The molecule has 0 bridgehead atoms. The van der Waals surface area contributed by atoms with Gasteiger partial charge in [-0.05, 0) is 25.5 Å². The van der Waals surface area contributed by atoms with Crippen LogP contribution in [-0.4, -0.2) is 39.6 Å². The van der Waals surface area contributed by atoms with Gasteiger partial charge in [-0.15, -0.1) is 0 Å². The minimum absolute atomic E-state index is 0.0347. The molecule has 1 amide bonds. The van der Waals surface area contributed by atoms with Crippen LogP contribution in [0.2, 0.25) is 0 Å². The lowest BCUT2D eigenvalue weighted by molar-refractivity contribution is 0.0484. The summed E-state index contributed by atoms with van der Waals surface area (Å²) in [6.07, 6.45) is -1.56. The van der Waals surface area contributed by atoms with Gasteiger partial charge in [0.05, 0.1) is 18.0 Å². The number of methoxy groups -OCH3 is 1. The van der Waals surface area contributed by atoms with E-state index in [-0.39, 0.29) is 24.7 Å². The Labute approximate surface area is 204 Å². The lowest BCUT2D eigenvalue weighted by Crippen LogP contribution is -2.31. The molecule has 3 rings (SSSR count). The predicted molar refractivity (Wildman–Crippen MR) is 128 cm³/mol. The number of allylic oxidation sites excluding steroid dienone is 2. The van der Waals surface area contributed by atoms with Crippen molar-refractivity contribution in [3.63, 3.8) is 0 Å². The highest BCUT2D eigenvalue weighted by Crippen LogP contribution is 2.43. The Bertz CT molecular complexity index is 1100. The zero-order valence-corrected chi connectivity index (χ0v) is 20.3. The summed E-state index contributed by atoms with van der Waals surface area (Å²) in [4.78, 5) is 24.6. The third-order valence-corrected chi connectivity index (χ3v) is 5.21. The number of hydrogen-bond acceptors (Lipinski definition) is 8. The van der Waals surface area contributed by atoms with Gasteiger partial charge in [-0.1, -0.05) is 48.5 Å². The van der Waals surface area contributed by atoms with Crippen LogP contribution in [0.15, 0.2) is 77.5 Å². The molecule has 1 aliphatic heterocycles. The highest BCUT2D eigenvalue weighted by Gasteiger charge is 2.37. The van der Waals surface area contributed by atoms with Gasteiger partial charge in [-0.3, -0.25) is 0 Å². The van der Waals surface area contributed by atoms with Crippen molar-refractivity contribution >= 4 is 12.2 Å². The first-order valence-corrected chi connectivity index (χ1v) is 11.1. The second-order valence-corrected chi connectivity index (χ2v) is 7.68. The normalized spacial score (nSPS) is 15.3. The summed E-state index contributed by atoms with van der Waals surface area (Å²) in [5.41, 5.74) is 2.81. The van der Waals surface area contributed by atoms with Gasteiger partial charge < -0.3 is 34.3 Å². The van der Waals surface area contributed by atoms with E-state index in [2.05, 4.69) is 10.6 Å². The molecule has 0 aromatic heterocycles. The Balaban J connectivity index is 1.99. The maximum Gasteiger partial charge on any atom is 0.513 e. The third kappa shape index (κ3) is 6.77. The number of carbonyl (C=O) groups is 2. The molecule has 9 nitrogen and oxygen atoms in total. The zero-order chi connectivity index (χ0) is 25.2. The van der Waals surface area contributed by atoms with Crippen LogP contribution in [0.1, 0.15) is 30.9 Å². The average Bonchev–Trinajstić information content (AvgIpc) is 2.86. The number of ether oxygens (including phenoxy) is 5. The fraction of sp³-hybridized carbons (Fsp3) is 0.308. The average molecular weight is 483 g/mol. The SMILES string of the molecule is CNC(=O)OC1=C(C)NC(C)=C(OC(=O)OCCOC)C1c1ccccc1OCc1ccccc1. The van der Waals surface area contributed by atoms with E-state index in [1.165, 1.54) is 14.2 Å². The fourth-order valence-corrected chi connectivity index (χ4v) is 3.57. The molecule has 186 valence electrons. The minimum atomic E-state index is -0.898. The van der Waals surface area contributed by atoms with Gasteiger partial charge in [-0.25, -0.2) is 9.59 Å². The molecule has 0 saturated heterocycles. The molecule has 2 N–H and O–H groups in total. The summed E-state index contributed by atoms with van der Waals surface area (Å²) in [6, 6.07) is 17.1. The number of para-hydroxylation sites is 1. The summed E-state index contributed by atoms with van der Waals surface area (Å²) in [5.74, 6) is 0.296. The number of nitrogens with one attached hydrogen (secondary N) is 2. The van der Waals surface area contributed by atoms with E-state index < -0.39 is 18.2 Å². The lowest BCUT2D eigenvalue weighted by atomic mass is 9.90. The molecular weight excluding hydrogens is 452 g/mol. The van der Waals surface area contributed by atoms with E-state index in [0.717, 1.165) is 5.56 Å². The van der Waals surface area contributed by atoms with Crippen LogP contribution >= 0.6 is 0 Å². The lowest BCUT2D eigenvalue weighted by Gasteiger charge is -2.31. The molecule has 1 aliphatic rings. The highest BCUT2D eigenvalue weighted by atomic mass is 16.7. The number of dihydropyridines is 1. The second kappa shape index (κ2) is 12.5. The van der Waals surface area contributed by atoms with Gasteiger partial charge in [0, 0.05) is 19.7 Å². The number of amides is 1. The predicted octanol–water partition coefficient (Wildman–Crippen LogP) is 4.57. The van der Waals surface area contributed by atoms with Crippen molar-refractivity contribution < 1.29 is 33.3 Å². The van der Waals surface area contributed by atoms with Gasteiger partial charge in [-0.2, -0.15) is 0 Å². The molecule has 9 heteroatoms. The Morgan fingerprint density at radius 3 is 2.26 bits per heavy atom. The van der Waals surface area contributed by atoms with E-state index in [1.54, 1.807) is 13.8 Å². The van der Waals surface area contributed by atoms with Gasteiger partial charge >= 0.3 is 12.2 Å². The number of benzene rings is 2. The van der Waals surface area contributed by atoms with Crippen LogP contribution in [0.3, 0.4) is 0 Å². The van der Waals surface area contributed by atoms with Gasteiger partial charge in [0.25, 0.3) is 0 Å². The van der Waals surface area contributed by atoms with Crippen LogP contribution in [0, 0.1) is 0 Å². The molecule has 1 unspecified atom stereocenters. The number of rotatable bonds is 9. The van der Waals surface area contributed by atoms with Gasteiger partial charge in [0.15, 0.2) is 0 Å². The number of hydrogen-bond donors (Lipinski definition) is 2. The monoisotopic (exact) mass is 482 g/mol. The van der Waals surface area contributed by atoms with Crippen molar-refractivity contribution in [2.24, 2.45) is 0 Å². The van der Waals surface area contributed by atoms with Crippen molar-refractivity contribution in [2.45, 2.75) is 26.4 Å². The number of carbonyl (C=O) groups excluding carboxylic acids is 2. The van der Waals surface area contributed by atoms with E-state index in [4.69, 9.17) is 23.7 Å². The van der Waals surface area contributed by atoms with E-state index in [0.29, 0.717) is 29.3 Å². The van der Waals surface area contributed by atoms with E-state index in [9.17, 15) is 9.59 Å². The van der Waals surface area contributed by atoms with Crippen molar-refractivity contribution in [2.75, 3.05) is 27.4 Å². The molecule has 1 atom stereocenters. The minimum Gasteiger partial charge on any atom is -0.489 e. The van der Waals surface area contributed by atoms with Crippen molar-refractivity contribution in [3.8, 4) is 5.75 Å². The second-order valence-electron chi connectivity index (χ2n) is 7.68. The molecule has 0 aliphatic carbocycles. The van der Waals surface area contributed by atoms with Crippen LogP contribution < -0.4 is 15.4 Å². The fourth-order valence-electron chi connectivity index (χ4n) is 3.57. The largest absolute Gasteiger partial charge is 0.513 e. The molecule has 0 spiro atoms. The first kappa shape index (κ1) is 25.6. The van der Waals surface area contributed by atoms with Crippen molar-refractivity contribution in [1.82, 2.24) is 10.6 Å². The van der Waals surface area contributed by atoms with E-state index >= 15 is 0 Å². The quantitative estimate of drug-likeness (QED) is 0.396. The zero-order valence-electron chi connectivity index (χ0n) is 20.3. The van der Waals surface area contributed by atoms with Gasteiger partial charge in [0.1, 0.15) is 36.4 Å². The summed E-state index contributed by atoms with van der Waals surface area (Å²) in [5, 5.41) is 5.57. The Kier molecular flexibility index (Phi) is 9.14. The van der Waals surface area contributed by atoms with Crippen LogP contribution in [-0.2, 0) is 25.6 Å². The molecule has 0 fully saturated rings. The molecule has 1 heterocycles. The summed E-state index contributed by atoms with van der Waals surface area (Å²) in [6.45, 7) is 4.13. The first-order valence-electron chi connectivity index (χ1n) is 11.1. The standard InChI is InChI=1S/C26H30N2O7/c1-17-23(34-25(29)27-3)22(24(18(2)28-17)35-26(30)32-15-14-31-4)20-12-8-9-13-21(20)33-16-19-10-6-5-7-11-19/h5-13,22,28H,14-16H2,1-4H3,(H,27,29). The van der Waals surface area contributed by atoms with E-state index in [1.807, 2.05) is 54.6 Å². The summed E-state index contributed by atoms with van der Waals surface area (Å²) < 4.78 is 27.4. The third-order valence-electron chi connectivity index (χ3n) is 5.21. The van der Waals surface area contributed by atoms with Crippen LogP contribution in [0.4, 0.5) is 9.59 Å². The summed E-state index contributed by atoms with van der Waals surface area (Å²) in [7, 11) is 2.97. The summed E-state index contributed by atoms with van der Waals surface area (Å²) >= 11 is 0. The van der Waals surface area contributed by atoms with Crippen molar-refractivity contribution in [1.29, 1.82) is 0 Å². The Morgan fingerprint density at radius 2 is 1.57 bits per heavy atom. The maximum absolute atomic E-state index is 12.4. The van der Waals surface area contributed by atoms with Crippen LogP contribution in [0.5, 0.6) is 5.75 Å². The molecule has 2 aromatic rings. The first-order chi connectivity index (χ1) is 16.9. The molecule has 0 radical (unpaired) electrons. The highest BCUT2D eigenvalue weighted by molar-refractivity contribution is 5.69. The van der Waals surface area contributed by atoms with Gasteiger partial charge in [0.2, 0.25) is 0 Å². The smallest absolute Gasteiger partial charge is 0.489 e. The topological polar surface area (TPSA) is 104 Å². The maximum atomic E-state index is 12.4. The molecule has 0 saturated carbocycles. The Hall–Kier alpha value is -3.98. The van der Waals surface area contributed by atoms with Crippen molar-refractivity contribution in [3.05, 3.63) is 88.6 Å². The molecule has 2 aromatic carbocycles. The van der Waals surface area contributed by atoms with Crippen LogP contribution in [0.25, 0.3) is 0 Å². The molecular formula is C26H30N2O7. The Morgan fingerprint density at radius 1 is 0.914 bits per heavy atom. The molecule has 35 heavy (non-hydrogen) atoms.